The average molecular weight is 1290 g/mol. The van der Waals surface area contributed by atoms with Gasteiger partial charge in [-0.05, 0) is 175 Å². The Morgan fingerprint density at radius 1 is 0.484 bits per heavy atom. The molecule has 24 heteroatoms. The Hall–Kier alpha value is -9.85. The van der Waals surface area contributed by atoms with Crippen LogP contribution in [-0.2, 0) is 23.5 Å². The van der Waals surface area contributed by atoms with Crippen molar-refractivity contribution >= 4 is 48.6 Å². The molecule has 2 atom stereocenters. The van der Waals surface area contributed by atoms with E-state index in [1.54, 1.807) is 101 Å². The Morgan fingerprint density at radius 2 is 0.785 bits per heavy atom. The number of halogens is 1. The van der Waals surface area contributed by atoms with E-state index in [1.807, 2.05) is 107 Å². The molecule has 5 heterocycles. The number of benzene rings is 4. The van der Waals surface area contributed by atoms with Gasteiger partial charge in [-0.1, -0.05) is 72.7 Å². The van der Waals surface area contributed by atoms with Crippen LogP contribution in [0.15, 0.2) is 165 Å². The third-order valence-corrected chi connectivity index (χ3v) is 14.4. The van der Waals surface area contributed by atoms with E-state index < -0.39 is 49.2 Å². The highest BCUT2D eigenvalue weighted by Gasteiger charge is 2.49. The topological polar surface area (TPSA) is 310 Å². The Kier molecular flexibility index (Phi) is 27.9. The minimum absolute atomic E-state index is 0.0332. The normalized spacial score (nSPS) is 12.9. The lowest BCUT2D eigenvalue weighted by Gasteiger charge is -2.32. The van der Waals surface area contributed by atoms with Crippen LogP contribution in [0.25, 0.3) is 50.6 Å². The van der Waals surface area contributed by atoms with E-state index in [2.05, 4.69) is 42.6 Å². The predicted molar refractivity (Wildman–Crippen MR) is 353 cm³/mol. The number of esters is 3. The first-order valence-electron chi connectivity index (χ1n) is 28.4. The van der Waals surface area contributed by atoms with E-state index in [-0.39, 0.29) is 57.6 Å². The molecule has 0 saturated carbocycles. The molecule has 9 rings (SSSR count). The summed E-state index contributed by atoms with van der Waals surface area (Å²) in [7, 11) is 10.0. The van der Waals surface area contributed by atoms with E-state index in [4.69, 9.17) is 60.5 Å². The number of carbonyl (C=O) groups excluding carboxylic acids is 4. The molecule has 1 amide bonds. The van der Waals surface area contributed by atoms with Gasteiger partial charge in [0.25, 0.3) is 5.91 Å². The average Bonchev–Trinajstić information content (AvgIpc) is 1.88. The molecule has 1 fully saturated rings. The molecule has 93 heavy (non-hydrogen) atoms. The van der Waals surface area contributed by atoms with Crippen molar-refractivity contribution in [3.05, 3.63) is 210 Å². The second-order valence-corrected chi connectivity index (χ2v) is 21.2. The van der Waals surface area contributed by atoms with Crippen molar-refractivity contribution in [2.24, 2.45) is 5.73 Å². The SMILES string of the molecule is C=CB1OC(C)(C)C(C)(C)O1.C=Cc1cc(-c2ccc(OC)cc2)cc(C(=O)OC)n1.COC(=O)c1cc(-c2ccc(OC)cc2)cc(C(O)CO)n1.COC(=O)c1cc(-c2ccc(OC)cc2)cc(Cl)n1.COc1ccc(-c2cc(C(N)=O)nc(C(O)CO)c2)cc1. The number of nitrogens with two attached hydrogens (primary N) is 1. The highest BCUT2D eigenvalue weighted by Crippen LogP contribution is 2.37. The quantitative estimate of drug-likeness (QED) is 0.0231. The summed E-state index contributed by atoms with van der Waals surface area (Å²) in [6, 6.07) is 42.6. The van der Waals surface area contributed by atoms with Gasteiger partial charge in [-0.15, -0.1) is 6.58 Å². The summed E-state index contributed by atoms with van der Waals surface area (Å²) in [5.74, 6) is 2.34. The number of primary amides is 1. The van der Waals surface area contributed by atoms with Gasteiger partial charge in [-0.25, -0.2) is 34.3 Å². The standard InChI is InChI=1S/C16H17NO5.C16H15NO3.C15H16N2O4.C14H12ClNO3.C8H15BO2/c1-21-12-5-3-10(4-6-12)11-7-13(15(19)9-18)17-14(8-11)16(20)22-2;1-4-13-9-12(10-15(17-13)16(18)20-3)11-5-7-14(19-2)8-6-11;1-21-11-4-2-9(3-5-11)10-6-12(14(19)8-18)17-13(7-10)15(16)20;1-18-11-5-3-9(4-6-11)10-7-12(14(17)19-2)16-13(15)8-10;1-6-9-10-7(2,3)8(4,5)11-9/h3-8,15,18-19H,9H2,1-2H3;4-10H,1H2,2-3H3;2-7,14,18-19H,8H2,1H3,(H2,16,20);3-8H,1-2H3;6H,1H2,2-5H3. The number of rotatable bonds is 18. The van der Waals surface area contributed by atoms with E-state index in [0.29, 0.717) is 28.3 Å². The number of nitrogens with zero attached hydrogens (tertiary/aromatic N) is 4. The van der Waals surface area contributed by atoms with Gasteiger partial charge in [0.1, 0.15) is 57.4 Å². The molecule has 0 aliphatic carbocycles. The number of hydrogen-bond acceptors (Lipinski definition) is 21. The highest BCUT2D eigenvalue weighted by atomic mass is 35.5. The summed E-state index contributed by atoms with van der Waals surface area (Å²) in [5, 5.41) is 37.8. The lowest BCUT2D eigenvalue weighted by molar-refractivity contribution is 0.00578. The van der Waals surface area contributed by atoms with Crippen LogP contribution in [0.1, 0.15) is 98.9 Å². The molecule has 4 aromatic heterocycles. The fourth-order valence-corrected chi connectivity index (χ4v) is 8.53. The smallest absolute Gasteiger partial charge is 0.486 e. The zero-order valence-corrected chi connectivity index (χ0v) is 54.2. The van der Waals surface area contributed by atoms with E-state index in [1.165, 1.54) is 27.4 Å². The molecule has 8 aromatic rings. The summed E-state index contributed by atoms with van der Waals surface area (Å²) >= 11 is 5.92. The van der Waals surface area contributed by atoms with Crippen LogP contribution in [0.4, 0.5) is 0 Å². The van der Waals surface area contributed by atoms with Gasteiger partial charge in [0.05, 0.1) is 91.3 Å². The Bertz CT molecular complexity index is 3800. The van der Waals surface area contributed by atoms with Crippen LogP contribution >= 0.6 is 11.6 Å². The van der Waals surface area contributed by atoms with Gasteiger partial charge in [0.2, 0.25) is 0 Å². The zero-order chi connectivity index (χ0) is 68.6. The van der Waals surface area contributed by atoms with Crippen molar-refractivity contribution in [2.75, 3.05) is 63.0 Å². The van der Waals surface area contributed by atoms with Crippen LogP contribution in [0.2, 0.25) is 5.15 Å². The summed E-state index contributed by atoms with van der Waals surface area (Å²) in [6.07, 6.45) is -0.734. The Morgan fingerprint density at radius 3 is 1.08 bits per heavy atom. The lowest BCUT2D eigenvalue weighted by atomic mass is 9.90. The Balaban J connectivity index is 0.000000214. The van der Waals surface area contributed by atoms with E-state index in [0.717, 1.165) is 44.9 Å². The summed E-state index contributed by atoms with van der Waals surface area (Å²) in [5.41, 5.74) is 12.9. The number of pyridine rings is 4. The first-order valence-corrected chi connectivity index (χ1v) is 28.8. The first kappa shape index (κ1) is 73.9. The summed E-state index contributed by atoms with van der Waals surface area (Å²) in [6.45, 7) is 14.4. The van der Waals surface area contributed by atoms with Crippen molar-refractivity contribution in [1.29, 1.82) is 0 Å². The van der Waals surface area contributed by atoms with Crippen LogP contribution in [0.3, 0.4) is 0 Å². The van der Waals surface area contributed by atoms with Gasteiger partial charge in [0, 0.05) is 0 Å². The number of aliphatic hydroxyl groups is 4. The van der Waals surface area contributed by atoms with Crippen LogP contribution in [0, 0.1) is 0 Å². The van der Waals surface area contributed by atoms with Crippen molar-refractivity contribution in [1.82, 2.24) is 19.9 Å². The summed E-state index contributed by atoms with van der Waals surface area (Å²) < 4.78 is 45.6. The van der Waals surface area contributed by atoms with Crippen LogP contribution in [0.5, 0.6) is 23.0 Å². The van der Waals surface area contributed by atoms with Crippen molar-refractivity contribution < 1.29 is 82.1 Å². The number of aliphatic hydroxyl groups excluding tert-OH is 4. The molecule has 1 aliphatic heterocycles. The molecule has 0 radical (unpaired) electrons. The van der Waals surface area contributed by atoms with Gasteiger partial charge in [-0.2, -0.15) is 0 Å². The molecule has 4 aromatic carbocycles. The fourth-order valence-electron chi connectivity index (χ4n) is 8.32. The maximum Gasteiger partial charge on any atom is 0.486 e. The fraction of sp³-hybridized carbons (Fsp3) is 0.246. The second-order valence-electron chi connectivity index (χ2n) is 20.8. The number of amides is 1. The third-order valence-electron chi connectivity index (χ3n) is 14.2. The molecule has 1 aliphatic rings. The Labute approximate surface area is 545 Å². The molecule has 22 nitrogen and oxygen atoms in total. The number of ether oxygens (including phenoxy) is 7. The maximum atomic E-state index is 11.7. The van der Waals surface area contributed by atoms with Crippen molar-refractivity contribution in [3.63, 3.8) is 0 Å². The van der Waals surface area contributed by atoms with Crippen molar-refractivity contribution in [2.45, 2.75) is 51.1 Å². The largest absolute Gasteiger partial charge is 0.497 e. The van der Waals surface area contributed by atoms with Crippen LogP contribution in [-0.4, -0.2) is 145 Å². The van der Waals surface area contributed by atoms with E-state index >= 15 is 0 Å². The number of carbonyl (C=O) groups is 4. The molecule has 2 unspecified atom stereocenters. The van der Waals surface area contributed by atoms with E-state index in [9.17, 15) is 29.4 Å². The number of hydrogen-bond donors (Lipinski definition) is 5. The van der Waals surface area contributed by atoms with Gasteiger partial charge in [-0.3, -0.25) is 4.79 Å². The van der Waals surface area contributed by atoms with Crippen molar-refractivity contribution in [3.8, 4) is 67.5 Å². The van der Waals surface area contributed by atoms with Gasteiger partial charge >= 0.3 is 25.0 Å². The second kappa shape index (κ2) is 35.1. The molecular weight excluding hydrogens is 1220 g/mol. The molecule has 488 valence electrons. The predicted octanol–water partition coefficient (Wildman–Crippen LogP) is 10.6. The van der Waals surface area contributed by atoms with Gasteiger partial charge < -0.3 is 68.6 Å². The number of methoxy groups -OCH3 is 7. The lowest BCUT2D eigenvalue weighted by Crippen LogP contribution is -2.41. The van der Waals surface area contributed by atoms with Gasteiger partial charge in [0.15, 0.2) is 5.69 Å². The monoisotopic (exact) mass is 1290 g/mol. The first-order chi connectivity index (χ1) is 44.3. The number of aromatic nitrogens is 4. The molecule has 1 saturated heterocycles. The third kappa shape index (κ3) is 20.8. The molecule has 6 N–H and O–H groups in total. The molecular formula is C69H75BClN5O17. The molecule has 0 spiro atoms. The van der Waals surface area contributed by atoms with Crippen LogP contribution < -0.4 is 24.7 Å². The maximum absolute atomic E-state index is 11.7. The minimum atomic E-state index is -1.17. The zero-order valence-electron chi connectivity index (χ0n) is 53.4. The molecule has 0 bridgehead atoms. The highest BCUT2D eigenvalue weighted by molar-refractivity contribution is 6.51. The summed E-state index contributed by atoms with van der Waals surface area (Å²) in [4.78, 5) is 62.2. The minimum Gasteiger partial charge on any atom is -0.497 e.